The second-order valence-electron chi connectivity index (χ2n) is 3.34. The zero-order valence-electron chi connectivity index (χ0n) is 8.14. The van der Waals surface area contributed by atoms with E-state index in [1.807, 2.05) is 0 Å². The van der Waals surface area contributed by atoms with Gasteiger partial charge in [-0.15, -0.1) is 0 Å². The summed E-state index contributed by atoms with van der Waals surface area (Å²) in [4.78, 5) is 33.3. The molecule has 0 aromatic rings. The Morgan fingerprint density at radius 1 is 1.14 bits per heavy atom. The van der Waals surface area contributed by atoms with Crippen molar-refractivity contribution in [3.8, 4) is 0 Å². The highest BCUT2D eigenvalue weighted by atomic mass is 17.2. The van der Waals surface area contributed by atoms with Crippen molar-refractivity contribution in [3.63, 3.8) is 0 Å². The van der Waals surface area contributed by atoms with E-state index in [1.54, 1.807) is 20.8 Å². The summed E-state index contributed by atoms with van der Waals surface area (Å²) in [6.07, 6.45) is 1.47. The van der Waals surface area contributed by atoms with Gasteiger partial charge >= 0.3 is 11.9 Å². The SMILES string of the molecule is CC(C)(C)OOC(=O)C=CC(=O)OO. The number of hydrogen-bond donors (Lipinski definition) is 1. The maximum absolute atomic E-state index is 10.8. The molecule has 0 bridgehead atoms. The molecule has 0 atom stereocenters. The van der Waals surface area contributed by atoms with Crippen LogP contribution in [0.25, 0.3) is 0 Å². The molecule has 0 aliphatic heterocycles. The van der Waals surface area contributed by atoms with E-state index in [0.29, 0.717) is 6.08 Å². The maximum atomic E-state index is 10.8. The molecule has 14 heavy (non-hydrogen) atoms. The first kappa shape index (κ1) is 12.6. The van der Waals surface area contributed by atoms with E-state index in [-0.39, 0.29) is 0 Å². The third-order valence-electron chi connectivity index (χ3n) is 0.819. The zero-order chi connectivity index (χ0) is 11.2. The van der Waals surface area contributed by atoms with Crippen LogP contribution in [0, 0.1) is 0 Å². The molecule has 0 saturated carbocycles. The minimum absolute atomic E-state index is 0.624. The standard InChI is InChI=1S/C8H12O6/c1-8(2,3)14-13-7(10)5-4-6(9)12-11/h4-5,11H,1-3H3. The molecule has 6 nitrogen and oxygen atoms in total. The van der Waals surface area contributed by atoms with Gasteiger partial charge in [0, 0.05) is 12.2 Å². The Morgan fingerprint density at radius 3 is 2.07 bits per heavy atom. The molecule has 0 unspecified atom stereocenters. The highest BCUT2D eigenvalue weighted by Crippen LogP contribution is 2.06. The predicted molar refractivity (Wildman–Crippen MR) is 44.8 cm³/mol. The van der Waals surface area contributed by atoms with Gasteiger partial charge in [-0.1, -0.05) is 0 Å². The minimum atomic E-state index is -1.07. The summed E-state index contributed by atoms with van der Waals surface area (Å²) in [5.41, 5.74) is -0.624. The summed E-state index contributed by atoms with van der Waals surface area (Å²) in [5, 5.41) is 7.82. The van der Waals surface area contributed by atoms with Crippen LogP contribution in [0.15, 0.2) is 12.2 Å². The molecule has 0 rings (SSSR count). The number of hydrogen-bond acceptors (Lipinski definition) is 6. The minimum Gasteiger partial charge on any atom is -0.296 e. The van der Waals surface area contributed by atoms with Crippen molar-refractivity contribution in [2.45, 2.75) is 26.4 Å². The number of carbonyl (C=O) groups excluding carboxylic acids is 2. The van der Waals surface area contributed by atoms with Crippen molar-refractivity contribution in [2.75, 3.05) is 0 Å². The molecule has 1 N–H and O–H groups in total. The lowest BCUT2D eigenvalue weighted by Crippen LogP contribution is -2.21. The highest BCUT2D eigenvalue weighted by Gasteiger charge is 2.14. The fourth-order valence-corrected chi connectivity index (χ4v) is 0.360. The lowest BCUT2D eigenvalue weighted by atomic mass is 10.2. The third kappa shape index (κ3) is 7.26. The summed E-state index contributed by atoms with van der Waals surface area (Å²) in [5.74, 6) is -1.94. The molecule has 0 amide bonds. The lowest BCUT2D eigenvalue weighted by molar-refractivity contribution is -0.316. The van der Waals surface area contributed by atoms with E-state index < -0.39 is 17.5 Å². The first-order valence-electron chi connectivity index (χ1n) is 3.78. The molecule has 80 valence electrons. The molecular formula is C8H12O6. The van der Waals surface area contributed by atoms with E-state index in [4.69, 9.17) is 5.26 Å². The Labute approximate surface area is 80.9 Å². The van der Waals surface area contributed by atoms with Crippen LogP contribution in [0.5, 0.6) is 0 Å². The van der Waals surface area contributed by atoms with Gasteiger partial charge in [-0.25, -0.2) is 9.59 Å². The van der Waals surface area contributed by atoms with E-state index in [1.165, 1.54) is 0 Å². The molecule has 6 heteroatoms. The molecule has 0 aromatic heterocycles. The lowest BCUT2D eigenvalue weighted by Gasteiger charge is -2.15. The Kier molecular flexibility index (Phi) is 4.82. The van der Waals surface area contributed by atoms with Gasteiger partial charge in [-0.05, 0) is 20.8 Å². The Balaban J connectivity index is 3.88. The summed E-state index contributed by atoms with van der Waals surface area (Å²) in [6.45, 7) is 5.06. The van der Waals surface area contributed by atoms with Gasteiger partial charge in [0.05, 0.1) is 0 Å². The van der Waals surface area contributed by atoms with Crippen LogP contribution in [0.1, 0.15) is 20.8 Å². The van der Waals surface area contributed by atoms with Crippen molar-refractivity contribution in [2.24, 2.45) is 0 Å². The first-order valence-corrected chi connectivity index (χ1v) is 3.78. The predicted octanol–water partition coefficient (Wildman–Crippen LogP) is 0.832. The Hall–Kier alpha value is -1.40. The maximum Gasteiger partial charge on any atom is 0.366 e. The van der Waals surface area contributed by atoms with Crippen molar-refractivity contribution < 1.29 is 29.5 Å². The molecule has 0 spiro atoms. The monoisotopic (exact) mass is 204 g/mol. The quantitative estimate of drug-likeness (QED) is 0.416. The van der Waals surface area contributed by atoms with E-state index in [9.17, 15) is 9.59 Å². The van der Waals surface area contributed by atoms with Crippen LogP contribution in [-0.4, -0.2) is 22.8 Å². The van der Waals surface area contributed by atoms with E-state index >= 15 is 0 Å². The Morgan fingerprint density at radius 2 is 1.64 bits per heavy atom. The van der Waals surface area contributed by atoms with Gasteiger partial charge in [-0.2, -0.15) is 10.1 Å². The molecule has 0 radical (unpaired) electrons. The largest absolute Gasteiger partial charge is 0.366 e. The fourth-order valence-electron chi connectivity index (χ4n) is 0.360. The second-order valence-corrected chi connectivity index (χ2v) is 3.34. The van der Waals surface area contributed by atoms with E-state index in [0.717, 1.165) is 6.08 Å². The number of carbonyl (C=O) groups is 2. The summed E-state index contributed by atoms with van der Waals surface area (Å²) in [6, 6.07) is 0. The summed E-state index contributed by atoms with van der Waals surface area (Å²) >= 11 is 0. The average molecular weight is 204 g/mol. The smallest absolute Gasteiger partial charge is 0.296 e. The highest BCUT2D eigenvalue weighted by molar-refractivity contribution is 5.91. The third-order valence-corrected chi connectivity index (χ3v) is 0.819. The zero-order valence-corrected chi connectivity index (χ0v) is 8.14. The average Bonchev–Trinajstić information content (AvgIpc) is 2.09. The van der Waals surface area contributed by atoms with Crippen LogP contribution in [0.4, 0.5) is 0 Å². The van der Waals surface area contributed by atoms with Crippen molar-refractivity contribution in [1.82, 2.24) is 0 Å². The second kappa shape index (κ2) is 5.36. The number of rotatable bonds is 3. The van der Waals surface area contributed by atoms with Gasteiger partial charge in [0.2, 0.25) is 0 Å². The van der Waals surface area contributed by atoms with Crippen molar-refractivity contribution >= 4 is 11.9 Å². The van der Waals surface area contributed by atoms with Crippen LogP contribution in [0.2, 0.25) is 0 Å². The van der Waals surface area contributed by atoms with Crippen LogP contribution in [0.3, 0.4) is 0 Å². The fraction of sp³-hybridized carbons (Fsp3) is 0.500. The normalized spacial score (nSPS) is 11.4. The van der Waals surface area contributed by atoms with Crippen molar-refractivity contribution in [1.29, 1.82) is 0 Å². The molecule has 0 aromatic carbocycles. The molecule has 0 fully saturated rings. The van der Waals surface area contributed by atoms with E-state index in [2.05, 4.69) is 14.7 Å². The molecule has 0 aliphatic rings. The molecule has 0 heterocycles. The van der Waals surface area contributed by atoms with Crippen LogP contribution in [-0.2, 0) is 24.3 Å². The van der Waals surface area contributed by atoms with Gasteiger partial charge in [0.15, 0.2) is 0 Å². The van der Waals surface area contributed by atoms with Gasteiger partial charge in [-0.3, -0.25) is 9.78 Å². The topological polar surface area (TPSA) is 82.1 Å². The first-order chi connectivity index (χ1) is 6.35. The molecular weight excluding hydrogens is 192 g/mol. The van der Waals surface area contributed by atoms with Gasteiger partial charge < -0.3 is 0 Å². The van der Waals surface area contributed by atoms with Crippen molar-refractivity contribution in [3.05, 3.63) is 12.2 Å². The van der Waals surface area contributed by atoms with Crippen LogP contribution >= 0.6 is 0 Å². The molecule has 0 saturated heterocycles. The van der Waals surface area contributed by atoms with Gasteiger partial charge in [0.1, 0.15) is 5.60 Å². The van der Waals surface area contributed by atoms with Crippen LogP contribution < -0.4 is 0 Å². The summed E-state index contributed by atoms with van der Waals surface area (Å²) in [7, 11) is 0. The summed E-state index contributed by atoms with van der Waals surface area (Å²) < 4.78 is 0. The Bertz CT molecular complexity index is 237. The van der Waals surface area contributed by atoms with Gasteiger partial charge in [0.25, 0.3) is 0 Å². The molecule has 0 aliphatic carbocycles.